The number of aromatic nitrogens is 2. The summed E-state index contributed by atoms with van der Waals surface area (Å²) in [5.41, 5.74) is 3.32. The van der Waals surface area contributed by atoms with Crippen molar-refractivity contribution in [3.63, 3.8) is 0 Å². The van der Waals surface area contributed by atoms with E-state index in [-0.39, 0.29) is 5.91 Å². The number of carbonyl (C=O) groups is 1. The summed E-state index contributed by atoms with van der Waals surface area (Å²) in [6.07, 6.45) is 3.52. The van der Waals surface area contributed by atoms with Crippen molar-refractivity contribution in [3.05, 3.63) is 78.2 Å². The first-order valence-electron chi connectivity index (χ1n) is 9.44. The van der Waals surface area contributed by atoms with Gasteiger partial charge in [0.1, 0.15) is 11.5 Å². The zero-order valence-electron chi connectivity index (χ0n) is 15.9. The number of piperazine rings is 1. The molecular weight excluding hydrogens is 350 g/mol. The van der Waals surface area contributed by atoms with Crippen LogP contribution in [0.3, 0.4) is 0 Å². The average Bonchev–Trinajstić information content (AvgIpc) is 2.75. The molecule has 1 aliphatic rings. The summed E-state index contributed by atoms with van der Waals surface area (Å²) in [7, 11) is 0. The monoisotopic (exact) mass is 373 g/mol. The largest absolute Gasteiger partial charge is 0.368 e. The molecule has 0 unspecified atom stereocenters. The van der Waals surface area contributed by atoms with Crippen LogP contribution in [0.15, 0.2) is 67.0 Å². The lowest BCUT2D eigenvalue weighted by Gasteiger charge is -2.36. The molecule has 142 valence electrons. The fourth-order valence-electron chi connectivity index (χ4n) is 3.39. The summed E-state index contributed by atoms with van der Waals surface area (Å²) in [6, 6.07) is 17.5. The number of carbonyl (C=O) groups excluding carboxylic acids is 1. The molecule has 1 aliphatic heterocycles. The van der Waals surface area contributed by atoms with E-state index in [1.165, 1.54) is 0 Å². The first-order chi connectivity index (χ1) is 13.7. The molecule has 1 saturated heterocycles. The normalized spacial score (nSPS) is 14.0. The van der Waals surface area contributed by atoms with E-state index in [4.69, 9.17) is 0 Å². The molecule has 3 heterocycles. The third-order valence-electron chi connectivity index (χ3n) is 4.87. The van der Waals surface area contributed by atoms with E-state index in [9.17, 15) is 4.79 Å². The van der Waals surface area contributed by atoms with Crippen LogP contribution >= 0.6 is 0 Å². The van der Waals surface area contributed by atoms with E-state index in [1.54, 1.807) is 6.20 Å². The van der Waals surface area contributed by atoms with E-state index < -0.39 is 0 Å². The van der Waals surface area contributed by atoms with Crippen molar-refractivity contribution < 1.29 is 4.79 Å². The minimum absolute atomic E-state index is 0.195. The van der Waals surface area contributed by atoms with Crippen LogP contribution in [0.4, 0.5) is 17.2 Å². The molecule has 3 aromatic rings. The van der Waals surface area contributed by atoms with Gasteiger partial charge in [-0.25, -0.2) is 4.98 Å². The lowest BCUT2D eigenvalue weighted by molar-refractivity contribution is 0.102. The van der Waals surface area contributed by atoms with E-state index in [2.05, 4.69) is 25.1 Å². The number of anilines is 3. The fraction of sp³-hybridized carbons (Fsp3) is 0.227. The summed E-state index contributed by atoms with van der Waals surface area (Å²) in [5.74, 6) is 0.815. The molecule has 0 atom stereocenters. The van der Waals surface area contributed by atoms with Gasteiger partial charge in [-0.15, -0.1) is 0 Å². The first-order valence-corrected chi connectivity index (χ1v) is 9.44. The summed E-state index contributed by atoms with van der Waals surface area (Å²) >= 11 is 0. The fourth-order valence-corrected chi connectivity index (χ4v) is 3.39. The molecule has 1 fully saturated rings. The Morgan fingerprint density at radius 1 is 0.893 bits per heavy atom. The van der Waals surface area contributed by atoms with Gasteiger partial charge in [0.05, 0.1) is 0 Å². The number of nitrogens with zero attached hydrogens (tertiary/aromatic N) is 4. The van der Waals surface area contributed by atoms with Gasteiger partial charge in [0.25, 0.3) is 5.91 Å². The van der Waals surface area contributed by atoms with Gasteiger partial charge >= 0.3 is 0 Å². The third kappa shape index (κ3) is 4.11. The predicted molar refractivity (Wildman–Crippen MR) is 112 cm³/mol. The van der Waals surface area contributed by atoms with E-state index in [0.29, 0.717) is 5.69 Å². The number of nitrogens with one attached hydrogen (secondary N) is 1. The molecule has 1 amide bonds. The Hall–Kier alpha value is -3.41. The maximum Gasteiger partial charge on any atom is 0.274 e. The Morgan fingerprint density at radius 2 is 1.71 bits per heavy atom. The van der Waals surface area contributed by atoms with E-state index in [0.717, 1.165) is 48.9 Å². The van der Waals surface area contributed by atoms with Crippen LogP contribution in [0, 0.1) is 6.92 Å². The number of rotatable bonds is 4. The smallest absolute Gasteiger partial charge is 0.274 e. The highest BCUT2D eigenvalue weighted by molar-refractivity contribution is 6.03. The second-order valence-corrected chi connectivity index (χ2v) is 6.88. The Kier molecular flexibility index (Phi) is 5.19. The SMILES string of the molecule is Cc1cccc(NC(=O)c2cc(N3CCN(c4ccccn4)CC3)ccn2)c1. The Balaban J connectivity index is 1.42. The highest BCUT2D eigenvalue weighted by atomic mass is 16.1. The highest BCUT2D eigenvalue weighted by Crippen LogP contribution is 2.20. The zero-order valence-corrected chi connectivity index (χ0v) is 15.9. The van der Waals surface area contributed by atoms with Crippen molar-refractivity contribution in [3.8, 4) is 0 Å². The summed E-state index contributed by atoms with van der Waals surface area (Å²) in [6.45, 7) is 5.53. The van der Waals surface area contributed by atoms with Gasteiger partial charge in [-0.2, -0.15) is 0 Å². The topological polar surface area (TPSA) is 61.4 Å². The molecule has 1 aromatic carbocycles. The van der Waals surface area contributed by atoms with E-state index >= 15 is 0 Å². The Bertz CT molecular complexity index is 952. The van der Waals surface area contributed by atoms with Crippen molar-refractivity contribution in [1.82, 2.24) is 9.97 Å². The minimum atomic E-state index is -0.195. The van der Waals surface area contributed by atoms with Gasteiger partial charge in [-0.05, 0) is 48.9 Å². The second kappa shape index (κ2) is 8.08. The molecule has 6 heteroatoms. The van der Waals surface area contributed by atoms with Crippen molar-refractivity contribution in [2.45, 2.75) is 6.92 Å². The van der Waals surface area contributed by atoms with Gasteiger partial charge in [0, 0.05) is 49.9 Å². The van der Waals surface area contributed by atoms with Gasteiger partial charge in [-0.3, -0.25) is 9.78 Å². The molecule has 0 aliphatic carbocycles. The maximum atomic E-state index is 12.6. The summed E-state index contributed by atoms with van der Waals surface area (Å²) in [4.78, 5) is 25.8. The Labute approximate surface area is 164 Å². The number of hydrogen-bond acceptors (Lipinski definition) is 5. The number of amides is 1. The standard InChI is InChI=1S/C22H23N5O/c1-17-5-4-6-18(15-17)25-22(28)20-16-19(8-10-23-20)26-11-13-27(14-12-26)21-7-2-3-9-24-21/h2-10,15-16H,11-14H2,1H3,(H,25,28). The number of pyridine rings is 2. The van der Waals surface area contributed by atoms with Crippen LogP contribution < -0.4 is 15.1 Å². The highest BCUT2D eigenvalue weighted by Gasteiger charge is 2.19. The van der Waals surface area contributed by atoms with Crippen molar-refractivity contribution >= 4 is 23.1 Å². The van der Waals surface area contributed by atoms with Gasteiger partial charge in [0.15, 0.2) is 0 Å². The molecular formula is C22H23N5O. The molecule has 0 saturated carbocycles. The molecule has 28 heavy (non-hydrogen) atoms. The molecule has 0 bridgehead atoms. The van der Waals surface area contributed by atoms with Crippen LogP contribution in [0.5, 0.6) is 0 Å². The summed E-state index contributed by atoms with van der Waals surface area (Å²) < 4.78 is 0. The van der Waals surface area contributed by atoms with Crippen LogP contribution in [0.1, 0.15) is 16.1 Å². The molecule has 2 aromatic heterocycles. The molecule has 1 N–H and O–H groups in total. The molecule has 0 spiro atoms. The number of hydrogen-bond donors (Lipinski definition) is 1. The first kappa shape index (κ1) is 18.0. The molecule has 0 radical (unpaired) electrons. The predicted octanol–water partition coefficient (Wildman–Crippen LogP) is 3.36. The van der Waals surface area contributed by atoms with Gasteiger partial charge < -0.3 is 15.1 Å². The van der Waals surface area contributed by atoms with Crippen LogP contribution in [0.25, 0.3) is 0 Å². The lowest BCUT2D eigenvalue weighted by Crippen LogP contribution is -2.46. The van der Waals surface area contributed by atoms with Crippen molar-refractivity contribution in [1.29, 1.82) is 0 Å². The minimum Gasteiger partial charge on any atom is -0.368 e. The van der Waals surface area contributed by atoms with Crippen molar-refractivity contribution in [2.75, 3.05) is 41.3 Å². The Morgan fingerprint density at radius 3 is 2.46 bits per heavy atom. The van der Waals surface area contributed by atoms with Gasteiger partial charge in [-0.1, -0.05) is 18.2 Å². The number of benzene rings is 1. The van der Waals surface area contributed by atoms with Crippen molar-refractivity contribution in [2.24, 2.45) is 0 Å². The third-order valence-corrected chi connectivity index (χ3v) is 4.87. The maximum absolute atomic E-state index is 12.6. The molecule has 6 nitrogen and oxygen atoms in total. The second-order valence-electron chi connectivity index (χ2n) is 6.88. The molecule has 4 rings (SSSR count). The quantitative estimate of drug-likeness (QED) is 0.760. The average molecular weight is 373 g/mol. The number of aryl methyl sites for hydroxylation is 1. The van der Waals surface area contributed by atoms with Crippen LogP contribution in [0.2, 0.25) is 0 Å². The lowest BCUT2D eigenvalue weighted by atomic mass is 10.2. The van der Waals surface area contributed by atoms with E-state index in [1.807, 2.05) is 67.7 Å². The van der Waals surface area contributed by atoms with Crippen LogP contribution in [-0.2, 0) is 0 Å². The summed E-state index contributed by atoms with van der Waals surface area (Å²) in [5, 5.41) is 2.92. The zero-order chi connectivity index (χ0) is 19.3. The van der Waals surface area contributed by atoms with Crippen LogP contribution in [-0.4, -0.2) is 42.1 Å². The van der Waals surface area contributed by atoms with Gasteiger partial charge in [0.2, 0.25) is 0 Å².